The number of aromatic nitrogens is 2. The van der Waals surface area contributed by atoms with Crippen LogP contribution in [0.2, 0.25) is 0 Å². The highest BCUT2D eigenvalue weighted by atomic mass is 32.1. The quantitative estimate of drug-likeness (QED) is 0.923. The number of likely N-dealkylation sites (tertiary alicyclic amines) is 1. The van der Waals surface area contributed by atoms with E-state index >= 15 is 0 Å². The van der Waals surface area contributed by atoms with Crippen LogP contribution in [0.1, 0.15) is 18.7 Å². The van der Waals surface area contributed by atoms with Gasteiger partial charge in [-0.3, -0.25) is 4.90 Å². The monoisotopic (exact) mass is 333 g/mol. The van der Waals surface area contributed by atoms with E-state index in [9.17, 15) is 4.79 Å². The lowest BCUT2D eigenvalue weighted by Gasteiger charge is -2.36. The molecule has 2 aromatic rings. The molecule has 0 aromatic carbocycles. The third-order valence-electron chi connectivity index (χ3n) is 4.42. The highest BCUT2D eigenvalue weighted by molar-refractivity contribution is 7.08. The molecule has 7 nitrogen and oxygen atoms in total. The van der Waals surface area contributed by atoms with Crippen molar-refractivity contribution in [2.24, 2.45) is 0 Å². The number of hydrogen-bond acceptors (Lipinski definition) is 6. The Morgan fingerprint density at radius 2 is 2.39 bits per heavy atom. The van der Waals surface area contributed by atoms with Crippen LogP contribution in [0.3, 0.4) is 0 Å². The van der Waals surface area contributed by atoms with Gasteiger partial charge in [-0.2, -0.15) is 16.3 Å². The number of nitrogens with zero attached hydrogens (tertiary/aromatic N) is 4. The summed E-state index contributed by atoms with van der Waals surface area (Å²) >= 11 is 1.62. The van der Waals surface area contributed by atoms with Gasteiger partial charge in [0.2, 0.25) is 11.7 Å². The van der Waals surface area contributed by atoms with Crippen molar-refractivity contribution in [1.82, 2.24) is 25.3 Å². The molecule has 2 aliphatic rings. The Morgan fingerprint density at radius 1 is 1.43 bits per heavy atom. The number of hydrogen-bond donors (Lipinski definition) is 1. The number of urea groups is 1. The Hall–Kier alpha value is -1.93. The van der Waals surface area contributed by atoms with Crippen molar-refractivity contribution in [2.75, 3.05) is 26.2 Å². The molecule has 2 aliphatic heterocycles. The second kappa shape index (κ2) is 6.29. The van der Waals surface area contributed by atoms with E-state index < -0.39 is 0 Å². The lowest BCUT2D eigenvalue weighted by atomic mass is 10.0. The van der Waals surface area contributed by atoms with Gasteiger partial charge in [-0.05, 0) is 30.8 Å². The van der Waals surface area contributed by atoms with E-state index in [0.717, 1.165) is 44.6 Å². The third-order valence-corrected chi connectivity index (χ3v) is 5.10. The molecule has 2 saturated heterocycles. The average Bonchev–Trinajstić information content (AvgIpc) is 3.28. The fraction of sp³-hybridized carbons (Fsp3) is 0.533. The zero-order valence-corrected chi connectivity index (χ0v) is 13.6. The number of rotatable bonds is 4. The van der Waals surface area contributed by atoms with Crippen molar-refractivity contribution < 1.29 is 9.32 Å². The topological polar surface area (TPSA) is 74.5 Å². The van der Waals surface area contributed by atoms with Gasteiger partial charge < -0.3 is 14.7 Å². The summed E-state index contributed by atoms with van der Waals surface area (Å²) in [6.45, 7) is 4.07. The zero-order chi connectivity index (χ0) is 15.6. The molecule has 2 fully saturated rings. The molecule has 0 radical (unpaired) electrons. The summed E-state index contributed by atoms with van der Waals surface area (Å²) in [5.74, 6) is 1.28. The first kappa shape index (κ1) is 14.6. The zero-order valence-electron chi connectivity index (χ0n) is 12.8. The van der Waals surface area contributed by atoms with Crippen molar-refractivity contribution in [2.45, 2.75) is 25.4 Å². The van der Waals surface area contributed by atoms with Gasteiger partial charge in [0.25, 0.3) is 0 Å². The van der Waals surface area contributed by atoms with Gasteiger partial charge in [-0.25, -0.2) is 4.79 Å². The fourth-order valence-corrected chi connectivity index (χ4v) is 3.92. The first-order chi connectivity index (χ1) is 11.3. The Balaban J connectivity index is 1.39. The Labute approximate surface area is 138 Å². The van der Waals surface area contributed by atoms with Crippen molar-refractivity contribution >= 4 is 17.4 Å². The molecule has 0 saturated carbocycles. The number of thiophene rings is 1. The van der Waals surface area contributed by atoms with E-state index in [1.54, 1.807) is 11.3 Å². The molecule has 4 rings (SSSR count). The van der Waals surface area contributed by atoms with Crippen molar-refractivity contribution in [1.29, 1.82) is 0 Å². The number of piperidine rings is 1. The van der Waals surface area contributed by atoms with Gasteiger partial charge in [0, 0.05) is 36.6 Å². The van der Waals surface area contributed by atoms with E-state index in [-0.39, 0.29) is 12.1 Å². The summed E-state index contributed by atoms with van der Waals surface area (Å²) in [7, 11) is 0. The molecule has 2 amide bonds. The molecular formula is C15H19N5O2S. The van der Waals surface area contributed by atoms with Gasteiger partial charge in [0.1, 0.15) is 0 Å². The van der Waals surface area contributed by atoms with Crippen LogP contribution in [0.5, 0.6) is 0 Å². The van der Waals surface area contributed by atoms with Crippen LogP contribution >= 0.6 is 11.3 Å². The van der Waals surface area contributed by atoms with Crippen molar-refractivity contribution in [3.63, 3.8) is 0 Å². The van der Waals surface area contributed by atoms with E-state index in [0.29, 0.717) is 18.3 Å². The largest absolute Gasteiger partial charge is 0.338 e. The molecule has 23 heavy (non-hydrogen) atoms. The molecule has 1 unspecified atom stereocenters. The molecular weight excluding hydrogens is 314 g/mol. The van der Waals surface area contributed by atoms with Gasteiger partial charge in [0.15, 0.2) is 0 Å². The third kappa shape index (κ3) is 3.09. The minimum Gasteiger partial charge on any atom is -0.338 e. The molecule has 122 valence electrons. The predicted molar refractivity (Wildman–Crippen MR) is 86.0 cm³/mol. The van der Waals surface area contributed by atoms with Crippen LogP contribution in [-0.4, -0.2) is 58.2 Å². The molecule has 2 aromatic heterocycles. The van der Waals surface area contributed by atoms with Crippen LogP contribution in [0, 0.1) is 0 Å². The smallest absolute Gasteiger partial charge is 0.317 e. The van der Waals surface area contributed by atoms with Gasteiger partial charge >= 0.3 is 6.03 Å². The second-order valence-corrected chi connectivity index (χ2v) is 6.76. The first-order valence-corrected chi connectivity index (χ1v) is 8.86. The van der Waals surface area contributed by atoms with Crippen LogP contribution in [0.4, 0.5) is 4.79 Å². The van der Waals surface area contributed by atoms with E-state index in [4.69, 9.17) is 4.52 Å². The lowest BCUT2D eigenvalue weighted by Crippen LogP contribution is -2.48. The van der Waals surface area contributed by atoms with Crippen molar-refractivity contribution in [3.05, 3.63) is 22.7 Å². The van der Waals surface area contributed by atoms with Crippen LogP contribution in [0.25, 0.3) is 11.4 Å². The minimum absolute atomic E-state index is 0.0642. The Kier molecular flexibility index (Phi) is 4.00. The number of carbonyl (C=O) groups excluding carboxylic acids is 1. The molecule has 1 atom stereocenters. The van der Waals surface area contributed by atoms with Gasteiger partial charge in [-0.1, -0.05) is 5.16 Å². The van der Waals surface area contributed by atoms with Crippen molar-refractivity contribution in [3.8, 4) is 11.4 Å². The highest BCUT2D eigenvalue weighted by Gasteiger charge is 2.31. The van der Waals surface area contributed by atoms with E-state index in [1.165, 1.54) is 0 Å². The maximum Gasteiger partial charge on any atom is 0.317 e. The molecule has 0 spiro atoms. The molecule has 8 heteroatoms. The summed E-state index contributed by atoms with van der Waals surface area (Å²) < 4.78 is 5.38. The SMILES string of the molecule is O=C1NCCN1C1CCCN(Cc2nc(-c3ccsc3)no2)C1. The number of nitrogens with one attached hydrogen (secondary N) is 1. The van der Waals surface area contributed by atoms with Crippen LogP contribution < -0.4 is 5.32 Å². The van der Waals surface area contributed by atoms with Crippen LogP contribution in [0.15, 0.2) is 21.3 Å². The molecule has 1 N–H and O–H groups in total. The number of carbonyl (C=O) groups is 1. The Morgan fingerprint density at radius 3 is 3.17 bits per heavy atom. The fourth-order valence-electron chi connectivity index (χ4n) is 3.28. The molecule has 0 aliphatic carbocycles. The summed E-state index contributed by atoms with van der Waals surface area (Å²) in [5.41, 5.74) is 0.996. The summed E-state index contributed by atoms with van der Waals surface area (Å²) in [6, 6.07) is 2.34. The lowest BCUT2D eigenvalue weighted by molar-refractivity contribution is 0.113. The van der Waals surface area contributed by atoms with Gasteiger partial charge in [0.05, 0.1) is 6.54 Å². The van der Waals surface area contributed by atoms with E-state index in [1.807, 2.05) is 21.7 Å². The highest BCUT2D eigenvalue weighted by Crippen LogP contribution is 2.21. The normalized spacial score (nSPS) is 22.5. The standard InChI is InChI=1S/C15H19N5O2S/c21-15-16-4-6-20(15)12-2-1-5-19(8-12)9-13-17-14(18-22-13)11-3-7-23-10-11/h3,7,10,12H,1-2,4-6,8-9H2,(H,16,21). The van der Waals surface area contributed by atoms with E-state index in [2.05, 4.69) is 20.4 Å². The minimum atomic E-state index is 0.0642. The summed E-state index contributed by atoms with van der Waals surface area (Å²) in [4.78, 5) is 20.6. The Bertz CT molecular complexity index is 671. The predicted octanol–water partition coefficient (Wildman–Crippen LogP) is 1.79. The summed E-state index contributed by atoms with van der Waals surface area (Å²) in [6.07, 6.45) is 2.15. The van der Waals surface area contributed by atoms with Gasteiger partial charge in [-0.15, -0.1) is 0 Å². The summed E-state index contributed by atoms with van der Waals surface area (Å²) in [5, 5.41) is 10.9. The maximum atomic E-state index is 11.8. The maximum absolute atomic E-state index is 11.8. The van der Waals surface area contributed by atoms with Crippen LogP contribution in [-0.2, 0) is 6.54 Å². The second-order valence-electron chi connectivity index (χ2n) is 5.98. The average molecular weight is 333 g/mol. The molecule has 0 bridgehead atoms. The number of amides is 2. The molecule has 4 heterocycles. The first-order valence-electron chi connectivity index (χ1n) is 7.91.